The van der Waals surface area contributed by atoms with Gasteiger partial charge in [-0.2, -0.15) is 5.10 Å². The maximum Gasteiger partial charge on any atom is 0.337 e. The lowest BCUT2D eigenvalue weighted by atomic mass is 10.1. The molecule has 0 aliphatic rings. The maximum absolute atomic E-state index is 12.2. The van der Waals surface area contributed by atoms with E-state index in [4.69, 9.17) is 5.11 Å². The molecular weight excluding hydrogens is 300 g/mol. The second-order valence-electron chi connectivity index (χ2n) is 5.98. The molecule has 0 spiro atoms. The van der Waals surface area contributed by atoms with Gasteiger partial charge in [0.05, 0.1) is 24.0 Å². The highest BCUT2D eigenvalue weighted by molar-refractivity contribution is 5.98. The van der Waals surface area contributed by atoms with Crippen molar-refractivity contribution >= 4 is 22.9 Å². The van der Waals surface area contributed by atoms with E-state index in [0.29, 0.717) is 16.9 Å². The Balaban J connectivity index is 2.28. The summed E-state index contributed by atoms with van der Waals surface area (Å²) >= 11 is 0. The van der Waals surface area contributed by atoms with Crippen LogP contribution in [0.3, 0.4) is 0 Å². The van der Waals surface area contributed by atoms with Crippen LogP contribution < -0.4 is 5.32 Å². The van der Waals surface area contributed by atoms with Crippen LogP contribution in [0, 0.1) is 6.92 Å². The molecule has 0 saturated carbocycles. The molecule has 2 heterocycles. The topological polar surface area (TPSA) is 117 Å². The minimum Gasteiger partial charge on any atom is -0.479 e. The number of aliphatic carboxylic acids is 1. The van der Waals surface area contributed by atoms with Crippen LogP contribution in [-0.2, 0) is 4.79 Å². The standard InChI is InChI=1S/C15H20N4O4/c1-8(2)19-12-10(6-17-19)5-11(9(3)18-12)13(20)16-7-15(4,23)14(21)22/h5-6,8,23H,7H2,1-4H3,(H,16,20)(H,21,22). The molecule has 3 N–H and O–H groups in total. The van der Waals surface area contributed by atoms with Crippen molar-refractivity contribution in [2.24, 2.45) is 0 Å². The normalized spacial score (nSPS) is 14.0. The van der Waals surface area contributed by atoms with Gasteiger partial charge in [0.15, 0.2) is 11.2 Å². The van der Waals surface area contributed by atoms with E-state index in [1.54, 1.807) is 23.9 Å². The summed E-state index contributed by atoms with van der Waals surface area (Å²) in [5.74, 6) is -1.89. The number of aromatic nitrogens is 3. The van der Waals surface area contributed by atoms with E-state index in [1.807, 2.05) is 13.8 Å². The third-order valence-corrected chi connectivity index (χ3v) is 3.55. The summed E-state index contributed by atoms with van der Waals surface area (Å²) in [7, 11) is 0. The molecule has 0 radical (unpaired) electrons. The van der Waals surface area contributed by atoms with Gasteiger partial charge in [0.2, 0.25) is 0 Å². The number of nitrogens with one attached hydrogen (secondary N) is 1. The molecule has 2 rings (SSSR count). The smallest absolute Gasteiger partial charge is 0.337 e. The van der Waals surface area contributed by atoms with Crippen molar-refractivity contribution < 1.29 is 19.8 Å². The number of carboxylic acids is 1. The fourth-order valence-corrected chi connectivity index (χ4v) is 2.10. The van der Waals surface area contributed by atoms with Crippen molar-refractivity contribution in [1.29, 1.82) is 0 Å². The number of hydrogen-bond donors (Lipinski definition) is 3. The second kappa shape index (κ2) is 5.96. The van der Waals surface area contributed by atoms with E-state index in [9.17, 15) is 14.7 Å². The van der Waals surface area contributed by atoms with Crippen molar-refractivity contribution in [2.45, 2.75) is 39.3 Å². The quantitative estimate of drug-likeness (QED) is 0.753. The van der Waals surface area contributed by atoms with Crippen LogP contribution in [0.15, 0.2) is 12.3 Å². The largest absolute Gasteiger partial charge is 0.479 e. The van der Waals surface area contributed by atoms with Gasteiger partial charge in [-0.25, -0.2) is 14.5 Å². The first-order chi connectivity index (χ1) is 10.6. The van der Waals surface area contributed by atoms with Crippen LogP contribution in [-0.4, -0.2) is 49.0 Å². The van der Waals surface area contributed by atoms with Crippen LogP contribution in [0.4, 0.5) is 0 Å². The summed E-state index contributed by atoms with van der Waals surface area (Å²) in [4.78, 5) is 27.5. The predicted octanol–water partition coefficient (Wildman–Crippen LogP) is 0.886. The van der Waals surface area contributed by atoms with E-state index >= 15 is 0 Å². The summed E-state index contributed by atoms with van der Waals surface area (Å²) in [5, 5.41) is 25.9. The van der Waals surface area contributed by atoms with E-state index in [-0.39, 0.29) is 6.04 Å². The number of amides is 1. The highest BCUT2D eigenvalue weighted by Crippen LogP contribution is 2.19. The van der Waals surface area contributed by atoms with Crippen LogP contribution in [0.1, 0.15) is 42.9 Å². The molecule has 1 unspecified atom stereocenters. The van der Waals surface area contributed by atoms with Crippen molar-refractivity contribution in [3.8, 4) is 0 Å². The molecule has 0 aliphatic heterocycles. The number of rotatable bonds is 5. The first-order valence-electron chi connectivity index (χ1n) is 7.22. The third-order valence-electron chi connectivity index (χ3n) is 3.55. The molecule has 23 heavy (non-hydrogen) atoms. The van der Waals surface area contributed by atoms with Crippen molar-refractivity contribution in [2.75, 3.05) is 6.54 Å². The maximum atomic E-state index is 12.2. The number of aryl methyl sites for hydroxylation is 1. The van der Waals surface area contributed by atoms with Gasteiger partial charge in [-0.1, -0.05) is 0 Å². The molecule has 0 aromatic carbocycles. The first kappa shape index (κ1) is 16.9. The molecule has 2 aromatic rings. The molecule has 0 aliphatic carbocycles. The van der Waals surface area contributed by atoms with E-state index in [2.05, 4.69) is 15.4 Å². The molecule has 2 aromatic heterocycles. The highest BCUT2D eigenvalue weighted by Gasteiger charge is 2.30. The zero-order valence-electron chi connectivity index (χ0n) is 13.5. The first-order valence-corrected chi connectivity index (χ1v) is 7.22. The SMILES string of the molecule is Cc1nc2c(cnn2C(C)C)cc1C(=O)NCC(C)(O)C(=O)O. The number of nitrogens with zero attached hydrogens (tertiary/aromatic N) is 3. The molecule has 1 amide bonds. The van der Waals surface area contributed by atoms with E-state index in [0.717, 1.165) is 12.3 Å². The average Bonchev–Trinajstić information content (AvgIpc) is 2.86. The second-order valence-corrected chi connectivity index (χ2v) is 5.98. The number of aliphatic hydroxyl groups is 1. The highest BCUT2D eigenvalue weighted by atomic mass is 16.4. The Labute approximate surface area is 133 Å². The number of carboxylic acid groups (broad SMARTS) is 1. The summed E-state index contributed by atoms with van der Waals surface area (Å²) < 4.78 is 1.76. The Morgan fingerprint density at radius 2 is 2.09 bits per heavy atom. The molecule has 124 valence electrons. The van der Waals surface area contributed by atoms with Crippen LogP contribution in [0.25, 0.3) is 11.0 Å². The van der Waals surface area contributed by atoms with Gasteiger partial charge in [-0.3, -0.25) is 4.79 Å². The minimum absolute atomic E-state index is 0.143. The van der Waals surface area contributed by atoms with Crippen LogP contribution in [0.5, 0.6) is 0 Å². The lowest BCUT2D eigenvalue weighted by Crippen LogP contribution is -2.46. The summed E-state index contributed by atoms with van der Waals surface area (Å²) in [6.45, 7) is 6.39. The third kappa shape index (κ3) is 3.31. The number of pyridine rings is 1. The van der Waals surface area contributed by atoms with Crippen LogP contribution in [0.2, 0.25) is 0 Å². The van der Waals surface area contributed by atoms with Crippen molar-refractivity contribution in [1.82, 2.24) is 20.1 Å². The summed E-state index contributed by atoms with van der Waals surface area (Å²) in [5.41, 5.74) is -0.509. The Morgan fingerprint density at radius 3 is 2.65 bits per heavy atom. The predicted molar refractivity (Wildman–Crippen MR) is 83.2 cm³/mol. The molecule has 1 atom stereocenters. The van der Waals surface area contributed by atoms with Crippen molar-refractivity contribution in [3.05, 3.63) is 23.5 Å². The van der Waals surface area contributed by atoms with Gasteiger partial charge < -0.3 is 15.5 Å². The van der Waals surface area contributed by atoms with Crippen LogP contribution >= 0.6 is 0 Å². The lowest BCUT2D eigenvalue weighted by Gasteiger charge is -2.18. The zero-order valence-corrected chi connectivity index (χ0v) is 13.5. The summed E-state index contributed by atoms with van der Waals surface area (Å²) in [6, 6.07) is 1.80. The lowest BCUT2D eigenvalue weighted by molar-refractivity contribution is -0.155. The Hall–Kier alpha value is -2.48. The fourth-order valence-electron chi connectivity index (χ4n) is 2.10. The number of carbonyl (C=O) groups is 2. The monoisotopic (exact) mass is 320 g/mol. The summed E-state index contributed by atoms with van der Waals surface area (Å²) in [6.07, 6.45) is 1.63. The molecule has 8 nitrogen and oxygen atoms in total. The molecule has 0 fully saturated rings. The van der Waals surface area contributed by atoms with Gasteiger partial charge in [-0.15, -0.1) is 0 Å². The number of hydrogen-bond acceptors (Lipinski definition) is 5. The molecule has 0 bridgehead atoms. The minimum atomic E-state index is -2.02. The van der Waals surface area contributed by atoms with Gasteiger partial charge >= 0.3 is 5.97 Å². The van der Waals surface area contributed by atoms with E-state index < -0.39 is 24.0 Å². The zero-order chi connectivity index (χ0) is 17.4. The van der Waals surface area contributed by atoms with Crippen molar-refractivity contribution in [3.63, 3.8) is 0 Å². The number of carbonyl (C=O) groups excluding carboxylic acids is 1. The Kier molecular flexibility index (Phi) is 4.37. The van der Waals surface area contributed by atoms with E-state index in [1.165, 1.54) is 0 Å². The average molecular weight is 320 g/mol. The molecular formula is C15H20N4O4. The molecule has 8 heteroatoms. The fraction of sp³-hybridized carbons (Fsp3) is 0.467. The van der Waals surface area contributed by atoms with Gasteiger partial charge in [0.1, 0.15) is 0 Å². The van der Waals surface area contributed by atoms with Gasteiger partial charge in [0.25, 0.3) is 5.91 Å². The number of fused-ring (bicyclic) bond motifs is 1. The Bertz CT molecular complexity index is 764. The molecule has 0 saturated heterocycles. The Morgan fingerprint density at radius 1 is 1.43 bits per heavy atom. The van der Waals surface area contributed by atoms with Gasteiger partial charge in [0, 0.05) is 11.4 Å². The van der Waals surface area contributed by atoms with Gasteiger partial charge in [-0.05, 0) is 33.8 Å².